The summed E-state index contributed by atoms with van der Waals surface area (Å²) in [5.41, 5.74) is 0.679. The number of hydrogen-bond acceptors (Lipinski definition) is 2. The third-order valence-electron chi connectivity index (χ3n) is 2.90. The van der Waals surface area contributed by atoms with E-state index in [0.29, 0.717) is 17.1 Å². The molecule has 0 radical (unpaired) electrons. The second-order valence-corrected chi connectivity index (χ2v) is 5.31. The van der Waals surface area contributed by atoms with Gasteiger partial charge in [0, 0.05) is 4.47 Å². The van der Waals surface area contributed by atoms with Gasteiger partial charge in [0.25, 0.3) is 5.91 Å². The molecule has 1 heterocycles. The van der Waals surface area contributed by atoms with Gasteiger partial charge in [-0.25, -0.2) is 0 Å². The second-order valence-electron chi connectivity index (χ2n) is 4.46. The number of nitrogens with zero attached hydrogens (tertiary/aromatic N) is 1. The highest BCUT2D eigenvalue weighted by Gasteiger charge is 2.31. The van der Waals surface area contributed by atoms with Crippen LogP contribution in [0, 0.1) is 13.8 Å². The standard InChI is InChI=1S/C13H11BrF3N3O/c1-6-11(7(2)20-19-6)18-12(21)9-5-8(13(15,16)17)3-4-10(9)14/h3-5H,1-2H3,(H,18,21)(H,19,20). The maximum absolute atomic E-state index is 12.7. The van der Waals surface area contributed by atoms with Gasteiger partial charge in [-0.2, -0.15) is 18.3 Å². The predicted molar refractivity (Wildman–Crippen MR) is 75.2 cm³/mol. The molecule has 0 saturated heterocycles. The molecule has 0 fully saturated rings. The Morgan fingerprint density at radius 2 is 2.00 bits per heavy atom. The SMILES string of the molecule is Cc1n[nH]c(C)c1NC(=O)c1cc(C(F)(F)F)ccc1Br. The zero-order valence-electron chi connectivity index (χ0n) is 11.1. The molecule has 0 aliphatic rings. The quantitative estimate of drug-likeness (QED) is 0.847. The van der Waals surface area contributed by atoms with Crippen LogP contribution in [0.3, 0.4) is 0 Å². The third kappa shape index (κ3) is 3.26. The summed E-state index contributed by atoms with van der Waals surface area (Å²) in [6, 6.07) is 2.92. The van der Waals surface area contributed by atoms with E-state index in [0.717, 1.165) is 12.1 Å². The van der Waals surface area contributed by atoms with Gasteiger partial charge in [0.15, 0.2) is 0 Å². The molecule has 0 bridgehead atoms. The lowest BCUT2D eigenvalue weighted by atomic mass is 10.1. The highest BCUT2D eigenvalue weighted by atomic mass is 79.9. The number of nitrogens with one attached hydrogen (secondary N) is 2. The Bertz CT molecular complexity index is 675. The average molecular weight is 362 g/mol. The summed E-state index contributed by atoms with van der Waals surface area (Å²) in [4.78, 5) is 12.2. The maximum Gasteiger partial charge on any atom is 0.416 e. The average Bonchev–Trinajstić information content (AvgIpc) is 2.69. The van der Waals surface area contributed by atoms with Crippen molar-refractivity contribution in [2.45, 2.75) is 20.0 Å². The van der Waals surface area contributed by atoms with Crippen molar-refractivity contribution in [3.63, 3.8) is 0 Å². The largest absolute Gasteiger partial charge is 0.416 e. The van der Waals surface area contributed by atoms with Crippen molar-refractivity contribution in [2.24, 2.45) is 0 Å². The molecule has 0 unspecified atom stereocenters. The number of anilines is 1. The number of alkyl halides is 3. The van der Waals surface area contributed by atoms with E-state index >= 15 is 0 Å². The number of aromatic amines is 1. The minimum absolute atomic E-state index is 0.0928. The van der Waals surface area contributed by atoms with E-state index in [1.165, 1.54) is 6.07 Å². The van der Waals surface area contributed by atoms with Crippen LogP contribution in [0.2, 0.25) is 0 Å². The van der Waals surface area contributed by atoms with E-state index in [1.54, 1.807) is 13.8 Å². The van der Waals surface area contributed by atoms with Crippen molar-refractivity contribution in [1.82, 2.24) is 10.2 Å². The first-order chi connectivity index (χ1) is 9.70. The first kappa shape index (κ1) is 15.6. The first-order valence-corrected chi connectivity index (χ1v) is 6.69. The number of aromatic nitrogens is 2. The molecule has 2 rings (SSSR count). The van der Waals surface area contributed by atoms with Crippen LogP contribution in [-0.2, 0) is 6.18 Å². The molecule has 2 aromatic rings. The monoisotopic (exact) mass is 361 g/mol. The fraction of sp³-hybridized carbons (Fsp3) is 0.231. The molecule has 0 aliphatic heterocycles. The summed E-state index contributed by atoms with van der Waals surface area (Å²) < 4.78 is 38.4. The predicted octanol–water partition coefficient (Wildman–Crippen LogP) is 4.06. The number of carbonyl (C=O) groups is 1. The number of benzene rings is 1. The van der Waals surface area contributed by atoms with Crippen LogP contribution in [0.15, 0.2) is 22.7 Å². The second kappa shape index (κ2) is 5.51. The van der Waals surface area contributed by atoms with Crippen LogP contribution in [-0.4, -0.2) is 16.1 Å². The van der Waals surface area contributed by atoms with E-state index in [4.69, 9.17) is 0 Å². The smallest absolute Gasteiger partial charge is 0.319 e. The Morgan fingerprint density at radius 1 is 1.33 bits per heavy atom. The Hall–Kier alpha value is -1.83. The van der Waals surface area contributed by atoms with E-state index in [9.17, 15) is 18.0 Å². The van der Waals surface area contributed by atoms with Gasteiger partial charge in [0.05, 0.1) is 28.2 Å². The van der Waals surface area contributed by atoms with Crippen molar-refractivity contribution >= 4 is 27.5 Å². The van der Waals surface area contributed by atoms with Gasteiger partial charge in [-0.15, -0.1) is 0 Å². The molecule has 4 nitrogen and oxygen atoms in total. The Kier molecular flexibility index (Phi) is 4.08. The van der Waals surface area contributed by atoms with Crippen molar-refractivity contribution in [2.75, 3.05) is 5.32 Å². The lowest BCUT2D eigenvalue weighted by Gasteiger charge is -2.11. The van der Waals surface area contributed by atoms with Crippen molar-refractivity contribution in [1.29, 1.82) is 0 Å². The lowest BCUT2D eigenvalue weighted by molar-refractivity contribution is -0.137. The van der Waals surface area contributed by atoms with Gasteiger partial charge >= 0.3 is 6.18 Å². The van der Waals surface area contributed by atoms with Gasteiger partial charge in [-0.3, -0.25) is 9.89 Å². The van der Waals surface area contributed by atoms with Crippen LogP contribution < -0.4 is 5.32 Å². The summed E-state index contributed by atoms with van der Waals surface area (Å²) in [6.07, 6.45) is -4.50. The third-order valence-corrected chi connectivity index (χ3v) is 3.60. The zero-order chi connectivity index (χ0) is 15.8. The summed E-state index contributed by atoms with van der Waals surface area (Å²) >= 11 is 3.09. The van der Waals surface area contributed by atoms with Gasteiger partial charge < -0.3 is 5.32 Å². The van der Waals surface area contributed by atoms with Gasteiger partial charge in [-0.05, 0) is 48.0 Å². The number of rotatable bonds is 2. The van der Waals surface area contributed by atoms with Gasteiger partial charge in [-0.1, -0.05) is 0 Å². The van der Waals surface area contributed by atoms with Gasteiger partial charge in [0.2, 0.25) is 0 Å². The number of halogens is 4. The summed E-state index contributed by atoms with van der Waals surface area (Å²) in [5.74, 6) is -0.638. The molecule has 0 aliphatic carbocycles. The Balaban J connectivity index is 2.35. The molecule has 0 saturated carbocycles. The van der Waals surface area contributed by atoms with E-state index in [1.807, 2.05) is 0 Å². The Morgan fingerprint density at radius 3 is 2.52 bits per heavy atom. The summed E-state index contributed by atoms with van der Waals surface area (Å²) in [5, 5.41) is 9.16. The molecule has 2 N–H and O–H groups in total. The maximum atomic E-state index is 12.7. The van der Waals surface area contributed by atoms with Crippen LogP contribution in [0.1, 0.15) is 27.3 Å². The van der Waals surface area contributed by atoms with Crippen molar-refractivity contribution in [3.8, 4) is 0 Å². The summed E-state index contributed by atoms with van der Waals surface area (Å²) in [7, 11) is 0. The van der Waals surface area contributed by atoms with E-state index < -0.39 is 17.6 Å². The van der Waals surface area contributed by atoms with Crippen LogP contribution in [0.4, 0.5) is 18.9 Å². The van der Waals surface area contributed by atoms with E-state index in [2.05, 4.69) is 31.4 Å². The topological polar surface area (TPSA) is 57.8 Å². The lowest BCUT2D eigenvalue weighted by Crippen LogP contribution is -2.15. The fourth-order valence-electron chi connectivity index (χ4n) is 1.79. The van der Waals surface area contributed by atoms with Crippen molar-refractivity contribution < 1.29 is 18.0 Å². The fourth-order valence-corrected chi connectivity index (χ4v) is 2.22. The molecular formula is C13H11BrF3N3O. The minimum Gasteiger partial charge on any atom is -0.319 e. The summed E-state index contributed by atoms with van der Waals surface area (Å²) in [6.45, 7) is 3.39. The molecule has 1 aromatic heterocycles. The number of hydrogen-bond donors (Lipinski definition) is 2. The minimum atomic E-state index is -4.50. The molecule has 1 aromatic carbocycles. The van der Waals surface area contributed by atoms with Crippen LogP contribution in [0.5, 0.6) is 0 Å². The number of carbonyl (C=O) groups excluding carboxylic acids is 1. The zero-order valence-corrected chi connectivity index (χ0v) is 12.7. The van der Waals surface area contributed by atoms with E-state index in [-0.39, 0.29) is 10.0 Å². The molecule has 21 heavy (non-hydrogen) atoms. The van der Waals surface area contributed by atoms with Crippen LogP contribution in [0.25, 0.3) is 0 Å². The molecule has 1 amide bonds. The van der Waals surface area contributed by atoms with Crippen LogP contribution >= 0.6 is 15.9 Å². The number of aryl methyl sites for hydroxylation is 2. The Labute approximate surface area is 126 Å². The molecular weight excluding hydrogens is 351 g/mol. The normalized spacial score (nSPS) is 11.5. The highest BCUT2D eigenvalue weighted by Crippen LogP contribution is 2.32. The first-order valence-electron chi connectivity index (χ1n) is 5.90. The molecule has 8 heteroatoms. The van der Waals surface area contributed by atoms with Crippen molar-refractivity contribution in [3.05, 3.63) is 45.2 Å². The molecule has 0 atom stereocenters. The molecule has 112 valence electrons. The molecule has 0 spiro atoms. The van der Waals surface area contributed by atoms with Gasteiger partial charge in [0.1, 0.15) is 0 Å². The highest BCUT2D eigenvalue weighted by molar-refractivity contribution is 9.10. The number of amides is 1. The number of H-pyrrole nitrogens is 1.